The van der Waals surface area contributed by atoms with E-state index in [-0.39, 0.29) is 93.2 Å². The molecular weight excluding hydrogens is 1440 g/mol. The molecule has 3 fully saturated rings. The highest BCUT2D eigenvalue weighted by molar-refractivity contribution is 6.72. The first-order valence-electron chi connectivity index (χ1n) is 26.7. The summed E-state index contributed by atoms with van der Waals surface area (Å²) in [7, 11) is 1.31. The zero-order valence-electron chi connectivity index (χ0n) is 50.6. The number of ketones is 1. The lowest BCUT2D eigenvalue weighted by Crippen LogP contribution is -2.40. The summed E-state index contributed by atoms with van der Waals surface area (Å²) in [5.74, 6) is -5.10. The fraction of sp³-hybridized carbons (Fsp3) is 0.323. The van der Waals surface area contributed by atoms with Crippen LogP contribution < -0.4 is 5.32 Å². The number of nitrogens with one attached hydrogen (secondary N) is 1. The normalized spacial score (nSPS) is 16.4. The van der Waals surface area contributed by atoms with E-state index < -0.39 is 88.9 Å². The smallest absolute Gasteiger partial charge is 0.329 e. The number of nitrogens with zero attached hydrogens (tertiary/aromatic N) is 2. The van der Waals surface area contributed by atoms with Crippen LogP contribution in [0.25, 0.3) is 0 Å². The van der Waals surface area contributed by atoms with E-state index in [1.165, 1.54) is 67.8 Å². The standard InChI is InChI=1S/C12H18N2O2.C9H3Cl3O3.C9H13NO2.2C8H4Cl2O2.C8H6O6.C4H4Cl2O2.C4H6O2/c1-11(2)4-10(14-9-15)5-12(3,6-11)7-16-8-13;10-7(13)4-1-5(8(11)14)3-6(2-4)9(12)15;1-3-8(11)6-5-7-10-9(12)4-2;9-7(11)5-2-1-3-6(4-5)8(10)12;9-7(11)5-3-1-2-4-6(5)8(10)12;9-5-1-3(7(11)13-5)4-2-6(10)14-8(4)12;5-3(7)1-2-4(6)8;1-3-4(5)6-2/h10H,4-7H2,1-3H3;1-3H;3-4H,1-2,5-7H2,(H,10,12);2*1-4H;3-4H,1-2H2;1-2H2;3H,1H2,2H3. The minimum Gasteiger partial charge on any atom is -0.466 e. The third-order valence-electron chi connectivity index (χ3n) is 11.9. The summed E-state index contributed by atoms with van der Waals surface area (Å²) < 4.78 is 17.5. The molecule has 1 aliphatic carbocycles. The van der Waals surface area contributed by atoms with E-state index in [0.29, 0.717) is 26.0 Å². The van der Waals surface area contributed by atoms with Crippen molar-refractivity contribution in [2.24, 2.45) is 27.7 Å². The van der Waals surface area contributed by atoms with Gasteiger partial charge < -0.3 is 24.3 Å². The minimum atomic E-state index is -0.846. The SMILES string of the molecule is C=CC(=O)CCCNC(=O)C=C.C=CC(=O)OC.CC1(C)CC(N=C=O)CC(C)(COC#N)C1.O=C(Cl)CCC(=O)Cl.O=C(Cl)c1cc(C(=O)Cl)cc(C(=O)Cl)c1.O=C(Cl)c1cccc(C(=O)Cl)c1.O=C(Cl)c1ccccc1C(=O)Cl.O=C1CC(C2CC(=O)OC2=O)C(=O)O1. The summed E-state index contributed by atoms with van der Waals surface area (Å²) in [6, 6.07) is 15.6. The first-order chi connectivity index (χ1) is 44.3. The molecule has 4 unspecified atom stereocenters. The van der Waals surface area contributed by atoms with Crippen molar-refractivity contribution >= 4 is 199 Å². The lowest BCUT2D eigenvalue weighted by Gasteiger charge is -2.44. The highest BCUT2D eigenvalue weighted by atomic mass is 35.5. The van der Waals surface area contributed by atoms with Gasteiger partial charge in [0.15, 0.2) is 5.78 Å². The van der Waals surface area contributed by atoms with Crippen LogP contribution >= 0.6 is 104 Å². The van der Waals surface area contributed by atoms with Gasteiger partial charge in [0.25, 0.3) is 43.0 Å². The molecule has 0 bridgehead atoms. The quantitative estimate of drug-likeness (QED) is 0.0119. The van der Waals surface area contributed by atoms with Crippen LogP contribution in [0, 0.1) is 34.2 Å². The Hall–Kier alpha value is -7.92. The molecule has 6 rings (SSSR count). The first-order valence-corrected chi connectivity index (χ1v) is 30.1. The van der Waals surface area contributed by atoms with Gasteiger partial charge in [0.1, 0.15) is 6.61 Å². The molecule has 2 aliphatic heterocycles. The van der Waals surface area contributed by atoms with Crippen molar-refractivity contribution in [3.8, 4) is 6.26 Å². The van der Waals surface area contributed by atoms with Gasteiger partial charge in [-0.1, -0.05) is 70.8 Å². The number of aliphatic imine (C=N–C) groups is 1. The van der Waals surface area contributed by atoms with Gasteiger partial charge in [-0.3, -0.25) is 71.9 Å². The summed E-state index contributed by atoms with van der Waals surface area (Å²) >= 11 is 46.1. The third-order valence-corrected chi connectivity index (χ3v) is 13.8. The molecule has 0 aromatic heterocycles. The molecule has 1 N–H and O–H groups in total. The predicted molar refractivity (Wildman–Crippen MR) is 349 cm³/mol. The van der Waals surface area contributed by atoms with Crippen LogP contribution in [0.1, 0.15) is 151 Å². The van der Waals surface area contributed by atoms with Gasteiger partial charge in [-0.15, -0.1) is 0 Å². The molecule has 4 atom stereocenters. The summed E-state index contributed by atoms with van der Waals surface area (Å²) in [5.41, 5.74) is 0.829. The number of hydrogen-bond acceptors (Lipinski definition) is 23. The van der Waals surface area contributed by atoms with Gasteiger partial charge in [0.05, 0.1) is 37.8 Å². The monoisotopic (exact) mass is 1500 g/mol. The number of ether oxygens (including phenoxy) is 4. The Kier molecular flexibility index (Phi) is 44.1. The van der Waals surface area contributed by atoms with E-state index in [9.17, 15) is 81.5 Å². The second kappa shape index (κ2) is 47.0. The van der Waals surface area contributed by atoms with Crippen LogP contribution in [-0.4, -0.2) is 121 Å². The van der Waals surface area contributed by atoms with Gasteiger partial charge in [-0.05, 0) is 184 Å². The fourth-order valence-electron chi connectivity index (χ4n) is 8.14. The number of carbonyl (C=O) groups excluding carboxylic acids is 17. The van der Waals surface area contributed by atoms with Crippen molar-refractivity contribution in [1.82, 2.24) is 5.32 Å². The Bertz CT molecular complexity index is 3280. The van der Waals surface area contributed by atoms with E-state index >= 15 is 0 Å². The van der Waals surface area contributed by atoms with Crippen LogP contribution in [0.15, 0.2) is 110 Å². The van der Waals surface area contributed by atoms with Crippen molar-refractivity contribution in [2.45, 2.75) is 84.6 Å². The molecule has 2 saturated heterocycles. The maximum atomic E-state index is 11.1. The van der Waals surface area contributed by atoms with Gasteiger partial charge in [0.2, 0.25) is 22.5 Å². The van der Waals surface area contributed by atoms with Crippen LogP contribution in [0.2, 0.25) is 0 Å². The van der Waals surface area contributed by atoms with E-state index in [1.54, 1.807) is 30.5 Å². The lowest BCUT2D eigenvalue weighted by molar-refractivity contribution is -0.158. The molecule has 3 aromatic rings. The summed E-state index contributed by atoms with van der Waals surface area (Å²) in [6.45, 7) is 17.1. The second-order valence-electron chi connectivity index (χ2n) is 20.1. The Labute approximate surface area is 588 Å². The Balaban J connectivity index is 0. The molecule has 510 valence electrons. The molecule has 0 spiro atoms. The molecule has 2 heterocycles. The van der Waals surface area contributed by atoms with E-state index in [4.69, 9.17) is 114 Å². The number of cyclic esters (lactones) is 4. The predicted octanol–water partition coefficient (Wildman–Crippen LogP) is 11.8. The fourth-order valence-corrected chi connectivity index (χ4v) is 9.23. The molecule has 33 heteroatoms. The zero-order valence-corrected chi connectivity index (χ0v) is 57.4. The van der Waals surface area contributed by atoms with E-state index in [0.717, 1.165) is 25.3 Å². The molecular formula is C62H58Cl9N3O21. The Morgan fingerprint density at radius 1 is 0.600 bits per heavy atom. The number of isocyanates is 1. The van der Waals surface area contributed by atoms with Gasteiger partial charge in [0, 0.05) is 76.2 Å². The second-order valence-corrected chi connectivity index (χ2v) is 23.3. The molecule has 24 nitrogen and oxygen atoms in total. The van der Waals surface area contributed by atoms with Crippen molar-refractivity contribution in [2.75, 3.05) is 20.3 Å². The van der Waals surface area contributed by atoms with Gasteiger partial charge in [-0.2, -0.15) is 5.26 Å². The van der Waals surface area contributed by atoms with Gasteiger partial charge >= 0.3 is 29.8 Å². The van der Waals surface area contributed by atoms with Crippen LogP contribution in [-0.2, 0) is 66.9 Å². The van der Waals surface area contributed by atoms with Crippen molar-refractivity contribution in [3.05, 3.63) is 144 Å². The maximum Gasteiger partial charge on any atom is 0.329 e. The largest absolute Gasteiger partial charge is 0.466 e. The maximum absolute atomic E-state index is 11.1. The number of esters is 5. The molecule has 1 saturated carbocycles. The van der Waals surface area contributed by atoms with E-state index in [2.05, 4.69) is 65.0 Å². The molecule has 3 aromatic carbocycles. The molecule has 3 aliphatic rings. The van der Waals surface area contributed by atoms with Crippen molar-refractivity contribution in [1.29, 1.82) is 5.26 Å². The summed E-state index contributed by atoms with van der Waals surface area (Å²) in [6.07, 6.45) is 10.4. The van der Waals surface area contributed by atoms with Crippen molar-refractivity contribution < 1.29 is 100 Å². The lowest BCUT2D eigenvalue weighted by atomic mass is 9.63. The number of halogens is 9. The van der Waals surface area contributed by atoms with Crippen LogP contribution in [0.4, 0.5) is 0 Å². The number of benzene rings is 3. The average molecular weight is 1500 g/mol. The molecule has 0 radical (unpaired) electrons. The molecule has 1 amide bonds. The zero-order chi connectivity index (χ0) is 73.3. The topological polar surface area (TPSA) is 375 Å². The number of carbonyl (C=O) groups is 16. The van der Waals surface area contributed by atoms with E-state index in [1.807, 2.05) is 0 Å². The molecule has 95 heavy (non-hydrogen) atoms. The number of methoxy groups -OCH3 is 1. The van der Waals surface area contributed by atoms with Gasteiger partial charge in [-0.25, -0.2) is 14.6 Å². The van der Waals surface area contributed by atoms with Crippen LogP contribution in [0.5, 0.6) is 0 Å². The average Bonchev–Trinajstić information content (AvgIpc) is 1.75. The van der Waals surface area contributed by atoms with Crippen molar-refractivity contribution in [3.63, 3.8) is 0 Å². The number of hydrogen-bond donors (Lipinski definition) is 1. The number of nitriles is 1. The Morgan fingerprint density at radius 2 is 1.01 bits per heavy atom. The number of amides is 1. The summed E-state index contributed by atoms with van der Waals surface area (Å²) in [4.78, 5) is 184. The third kappa shape index (κ3) is 38.9. The first kappa shape index (κ1) is 89.1. The minimum absolute atomic E-state index is 0.00264. The highest BCUT2D eigenvalue weighted by Crippen LogP contribution is 2.47. The van der Waals surface area contributed by atoms with Crippen LogP contribution in [0.3, 0.4) is 0 Å². The number of allylic oxidation sites excluding steroid dienone is 1. The summed E-state index contributed by atoms with van der Waals surface area (Å²) in [5, 5.41) is 5.01. The Morgan fingerprint density at radius 3 is 1.31 bits per heavy atom. The highest BCUT2D eigenvalue weighted by Gasteiger charge is 2.48. The number of rotatable bonds is 21.